The second-order valence-electron chi connectivity index (χ2n) is 6.21. The van der Waals surface area contributed by atoms with Gasteiger partial charge in [-0.25, -0.2) is 0 Å². The summed E-state index contributed by atoms with van der Waals surface area (Å²) >= 11 is 0. The van der Waals surface area contributed by atoms with Crippen molar-refractivity contribution in [1.82, 2.24) is 5.32 Å². The van der Waals surface area contributed by atoms with Crippen molar-refractivity contribution in [2.75, 3.05) is 0 Å². The van der Waals surface area contributed by atoms with Crippen LogP contribution < -0.4 is 5.32 Å². The fraction of sp³-hybridized carbons (Fsp3) is 0.529. The Kier molecular flexibility index (Phi) is 3.60. The SMILES string of the molecule is Cc1cccc(C2CC(=O)NC(=O)C2C2CCCC2)c1. The van der Waals surface area contributed by atoms with E-state index >= 15 is 0 Å². The molecule has 1 aromatic rings. The van der Waals surface area contributed by atoms with Crippen LogP contribution in [0.2, 0.25) is 0 Å². The summed E-state index contributed by atoms with van der Waals surface area (Å²) in [6.07, 6.45) is 5.10. The van der Waals surface area contributed by atoms with Crippen molar-refractivity contribution in [3.05, 3.63) is 35.4 Å². The van der Waals surface area contributed by atoms with E-state index in [4.69, 9.17) is 0 Å². The zero-order chi connectivity index (χ0) is 14.1. The smallest absolute Gasteiger partial charge is 0.230 e. The van der Waals surface area contributed by atoms with Crippen molar-refractivity contribution in [2.24, 2.45) is 11.8 Å². The van der Waals surface area contributed by atoms with E-state index in [1.807, 2.05) is 6.07 Å². The van der Waals surface area contributed by atoms with E-state index in [0.29, 0.717) is 12.3 Å². The first kappa shape index (κ1) is 13.3. The first-order chi connectivity index (χ1) is 9.65. The summed E-state index contributed by atoms with van der Waals surface area (Å²) in [6.45, 7) is 2.05. The third kappa shape index (κ3) is 2.49. The maximum absolute atomic E-state index is 12.3. The number of aryl methyl sites for hydroxylation is 1. The number of benzene rings is 1. The lowest BCUT2D eigenvalue weighted by atomic mass is 9.73. The second-order valence-corrected chi connectivity index (χ2v) is 6.21. The Balaban J connectivity index is 1.94. The molecule has 1 saturated carbocycles. The lowest BCUT2D eigenvalue weighted by Gasteiger charge is -2.34. The van der Waals surface area contributed by atoms with Gasteiger partial charge >= 0.3 is 0 Å². The van der Waals surface area contributed by atoms with Crippen LogP contribution in [-0.4, -0.2) is 11.8 Å². The maximum atomic E-state index is 12.3. The first-order valence-electron chi connectivity index (χ1n) is 7.55. The van der Waals surface area contributed by atoms with E-state index in [-0.39, 0.29) is 23.7 Å². The van der Waals surface area contributed by atoms with Crippen molar-refractivity contribution >= 4 is 11.8 Å². The zero-order valence-corrected chi connectivity index (χ0v) is 11.9. The minimum atomic E-state index is -0.129. The molecule has 2 fully saturated rings. The molecule has 0 bridgehead atoms. The van der Waals surface area contributed by atoms with E-state index < -0.39 is 0 Å². The van der Waals surface area contributed by atoms with Crippen LogP contribution in [-0.2, 0) is 9.59 Å². The third-order valence-corrected chi connectivity index (χ3v) is 4.78. The average molecular weight is 271 g/mol. The number of carbonyl (C=O) groups is 2. The van der Waals surface area contributed by atoms with Crippen LogP contribution in [0, 0.1) is 18.8 Å². The molecule has 3 rings (SSSR count). The van der Waals surface area contributed by atoms with Crippen LogP contribution in [0.1, 0.15) is 49.1 Å². The van der Waals surface area contributed by atoms with Crippen LogP contribution in [0.25, 0.3) is 0 Å². The van der Waals surface area contributed by atoms with E-state index in [0.717, 1.165) is 18.4 Å². The molecule has 1 N–H and O–H groups in total. The number of rotatable bonds is 2. The number of piperidine rings is 1. The van der Waals surface area contributed by atoms with Crippen molar-refractivity contribution in [3.8, 4) is 0 Å². The molecule has 1 aliphatic heterocycles. The molecule has 1 heterocycles. The summed E-state index contributed by atoms with van der Waals surface area (Å²) in [5.74, 6) is 0.278. The fourth-order valence-corrected chi connectivity index (χ4v) is 3.87. The van der Waals surface area contributed by atoms with Crippen molar-refractivity contribution < 1.29 is 9.59 Å². The molecule has 2 atom stereocenters. The van der Waals surface area contributed by atoms with Crippen molar-refractivity contribution in [1.29, 1.82) is 0 Å². The molecular weight excluding hydrogens is 250 g/mol. The van der Waals surface area contributed by atoms with Gasteiger partial charge in [-0.15, -0.1) is 0 Å². The minimum absolute atomic E-state index is 0.0306. The molecule has 3 nitrogen and oxygen atoms in total. The van der Waals surface area contributed by atoms with Crippen LogP contribution in [0.3, 0.4) is 0 Å². The second kappa shape index (κ2) is 5.39. The van der Waals surface area contributed by atoms with Gasteiger partial charge in [-0.1, -0.05) is 42.7 Å². The van der Waals surface area contributed by atoms with Gasteiger partial charge in [-0.05, 0) is 31.2 Å². The molecule has 0 spiro atoms. The lowest BCUT2D eigenvalue weighted by molar-refractivity contribution is -0.138. The Morgan fingerprint density at radius 1 is 1.15 bits per heavy atom. The quantitative estimate of drug-likeness (QED) is 0.841. The van der Waals surface area contributed by atoms with E-state index in [1.54, 1.807) is 0 Å². The zero-order valence-electron chi connectivity index (χ0n) is 11.9. The van der Waals surface area contributed by atoms with E-state index in [9.17, 15) is 9.59 Å². The van der Waals surface area contributed by atoms with E-state index in [1.165, 1.54) is 18.4 Å². The molecule has 1 saturated heterocycles. The van der Waals surface area contributed by atoms with Gasteiger partial charge in [0.2, 0.25) is 11.8 Å². The van der Waals surface area contributed by atoms with Crippen LogP contribution in [0.4, 0.5) is 0 Å². The molecule has 1 aromatic carbocycles. The standard InChI is InChI=1S/C17H21NO2/c1-11-5-4-8-13(9-11)14-10-15(19)18-17(20)16(14)12-6-2-3-7-12/h4-5,8-9,12,14,16H,2-3,6-7,10H2,1H3,(H,18,19,20). The highest BCUT2D eigenvalue weighted by Gasteiger charge is 2.42. The van der Waals surface area contributed by atoms with Gasteiger partial charge in [0.25, 0.3) is 0 Å². The molecule has 0 aromatic heterocycles. The summed E-state index contributed by atoms with van der Waals surface area (Å²) in [5, 5.41) is 2.54. The fourth-order valence-electron chi connectivity index (χ4n) is 3.87. The molecule has 2 unspecified atom stereocenters. The lowest BCUT2D eigenvalue weighted by Crippen LogP contribution is -2.47. The number of hydrogen-bond donors (Lipinski definition) is 1. The van der Waals surface area contributed by atoms with Crippen molar-refractivity contribution in [2.45, 2.75) is 44.9 Å². The summed E-state index contributed by atoms with van der Waals surface area (Å²) < 4.78 is 0. The predicted octanol–water partition coefficient (Wildman–Crippen LogP) is 2.93. The van der Waals surface area contributed by atoms with E-state index in [2.05, 4.69) is 30.4 Å². The van der Waals surface area contributed by atoms with Gasteiger partial charge in [0, 0.05) is 18.3 Å². The Morgan fingerprint density at radius 3 is 2.60 bits per heavy atom. The van der Waals surface area contributed by atoms with Crippen molar-refractivity contribution in [3.63, 3.8) is 0 Å². The molecule has 3 heteroatoms. The van der Waals surface area contributed by atoms with Gasteiger partial charge in [0.1, 0.15) is 0 Å². The van der Waals surface area contributed by atoms with Crippen LogP contribution in [0.5, 0.6) is 0 Å². The number of imide groups is 1. The Morgan fingerprint density at radius 2 is 1.90 bits per heavy atom. The summed E-state index contributed by atoms with van der Waals surface area (Å²) in [5.41, 5.74) is 2.33. The number of nitrogens with one attached hydrogen (secondary N) is 1. The molecule has 20 heavy (non-hydrogen) atoms. The van der Waals surface area contributed by atoms with Gasteiger partial charge in [-0.2, -0.15) is 0 Å². The normalized spacial score (nSPS) is 27.6. The molecule has 2 amide bonds. The van der Waals surface area contributed by atoms with Gasteiger partial charge in [-0.3, -0.25) is 14.9 Å². The molecule has 1 aliphatic carbocycles. The molecule has 2 aliphatic rings. The number of carbonyl (C=O) groups excluding carboxylic acids is 2. The third-order valence-electron chi connectivity index (χ3n) is 4.78. The highest BCUT2D eigenvalue weighted by Crippen LogP contribution is 2.42. The Hall–Kier alpha value is -1.64. The Labute approximate surface area is 119 Å². The Bertz CT molecular complexity index is 532. The van der Waals surface area contributed by atoms with Gasteiger partial charge < -0.3 is 0 Å². The molecular formula is C17H21NO2. The van der Waals surface area contributed by atoms with Crippen LogP contribution in [0.15, 0.2) is 24.3 Å². The molecule has 0 radical (unpaired) electrons. The number of amides is 2. The summed E-state index contributed by atoms with van der Waals surface area (Å²) in [4.78, 5) is 24.1. The average Bonchev–Trinajstić information content (AvgIpc) is 2.91. The first-order valence-corrected chi connectivity index (χ1v) is 7.55. The summed E-state index contributed by atoms with van der Waals surface area (Å²) in [6, 6.07) is 8.26. The number of hydrogen-bond acceptors (Lipinski definition) is 2. The highest BCUT2D eigenvalue weighted by atomic mass is 16.2. The van der Waals surface area contributed by atoms with Crippen LogP contribution >= 0.6 is 0 Å². The molecule has 106 valence electrons. The maximum Gasteiger partial charge on any atom is 0.230 e. The highest BCUT2D eigenvalue weighted by molar-refractivity contribution is 6.00. The summed E-state index contributed by atoms with van der Waals surface area (Å²) in [7, 11) is 0. The van der Waals surface area contributed by atoms with Gasteiger partial charge in [0.15, 0.2) is 0 Å². The largest absolute Gasteiger partial charge is 0.296 e. The monoisotopic (exact) mass is 271 g/mol. The minimum Gasteiger partial charge on any atom is -0.296 e. The van der Waals surface area contributed by atoms with Gasteiger partial charge in [0.05, 0.1) is 0 Å². The topological polar surface area (TPSA) is 46.2 Å². The predicted molar refractivity (Wildman–Crippen MR) is 77.1 cm³/mol.